The number of unbranched alkanes of at least 4 members (excludes halogenated alkanes) is 1. The summed E-state index contributed by atoms with van der Waals surface area (Å²) in [6, 6.07) is 15.7. The topological polar surface area (TPSA) is 97.4 Å². The summed E-state index contributed by atoms with van der Waals surface area (Å²) in [5.74, 6) is -1.12. The lowest BCUT2D eigenvalue weighted by molar-refractivity contribution is -0.117. The van der Waals surface area contributed by atoms with Gasteiger partial charge < -0.3 is 10.1 Å². The van der Waals surface area contributed by atoms with Crippen molar-refractivity contribution in [2.75, 3.05) is 17.2 Å². The normalized spacial score (nSPS) is 14.7. The Labute approximate surface area is 202 Å². The summed E-state index contributed by atoms with van der Waals surface area (Å²) in [6.07, 6.45) is 4.20. The molecule has 0 bridgehead atoms. The highest BCUT2D eigenvalue weighted by atomic mass is 32.1. The van der Waals surface area contributed by atoms with Crippen LogP contribution in [0.25, 0.3) is 0 Å². The monoisotopic (exact) mass is 477 g/mol. The number of esters is 1. The van der Waals surface area contributed by atoms with E-state index in [0.29, 0.717) is 35.0 Å². The molecule has 2 aromatic carbocycles. The number of amides is 2. The first-order valence-corrected chi connectivity index (χ1v) is 12.3. The lowest BCUT2D eigenvalue weighted by Gasteiger charge is -2.20. The molecule has 1 atom stereocenters. The van der Waals surface area contributed by atoms with E-state index in [0.717, 1.165) is 36.3 Å². The molecular formula is C26H27N3O4S. The number of fused-ring (bicyclic) bond motifs is 1. The lowest BCUT2D eigenvalue weighted by Crippen LogP contribution is -2.24. The number of rotatable bonds is 8. The molecule has 1 aliphatic rings. The van der Waals surface area contributed by atoms with Crippen molar-refractivity contribution >= 4 is 39.9 Å². The summed E-state index contributed by atoms with van der Waals surface area (Å²) in [7, 11) is 0. The van der Waals surface area contributed by atoms with Gasteiger partial charge in [-0.25, -0.2) is 9.78 Å². The Morgan fingerprint density at radius 3 is 2.53 bits per heavy atom. The molecule has 34 heavy (non-hydrogen) atoms. The molecule has 1 unspecified atom stereocenters. The maximum atomic E-state index is 13.1. The van der Waals surface area contributed by atoms with Crippen LogP contribution in [0.1, 0.15) is 69.8 Å². The summed E-state index contributed by atoms with van der Waals surface area (Å²) < 4.78 is 5.22. The van der Waals surface area contributed by atoms with Crippen LogP contribution >= 0.6 is 11.3 Å². The maximum absolute atomic E-state index is 13.1. The maximum Gasteiger partial charge on any atom is 0.338 e. The number of anilines is 2. The number of thiazole rings is 1. The van der Waals surface area contributed by atoms with Crippen molar-refractivity contribution in [3.8, 4) is 0 Å². The number of hydrogen-bond acceptors (Lipinski definition) is 6. The first kappa shape index (κ1) is 23.6. The second-order valence-electron chi connectivity index (χ2n) is 8.15. The number of aryl methyl sites for hydroxylation is 1. The van der Waals surface area contributed by atoms with Crippen LogP contribution in [0, 0.1) is 0 Å². The van der Waals surface area contributed by atoms with E-state index in [-0.39, 0.29) is 23.7 Å². The minimum absolute atomic E-state index is 0.148. The van der Waals surface area contributed by atoms with Crippen molar-refractivity contribution in [2.24, 2.45) is 0 Å². The Morgan fingerprint density at radius 1 is 1.03 bits per heavy atom. The number of ether oxygens (including phenoxy) is 1. The van der Waals surface area contributed by atoms with Gasteiger partial charge in [-0.3, -0.25) is 14.9 Å². The fraction of sp³-hybridized carbons (Fsp3) is 0.308. The summed E-state index contributed by atoms with van der Waals surface area (Å²) in [5, 5.41) is 6.29. The molecule has 176 valence electrons. The number of hydrogen-bond donors (Lipinski definition) is 2. The molecule has 0 fully saturated rings. The molecule has 0 aliphatic heterocycles. The van der Waals surface area contributed by atoms with Crippen molar-refractivity contribution in [1.82, 2.24) is 4.98 Å². The van der Waals surface area contributed by atoms with Crippen molar-refractivity contribution < 1.29 is 19.1 Å². The van der Waals surface area contributed by atoms with Crippen LogP contribution in [0.15, 0.2) is 54.6 Å². The fourth-order valence-corrected chi connectivity index (χ4v) is 4.86. The van der Waals surface area contributed by atoms with E-state index in [9.17, 15) is 14.4 Å². The number of carbonyl (C=O) groups is 3. The zero-order chi connectivity index (χ0) is 23.9. The van der Waals surface area contributed by atoms with Crippen molar-refractivity contribution in [3.05, 3.63) is 76.3 Å². The average Bonchev–Trinajstić information content (AvgIpc) is 3.27. The number of aromatic nitrogens is 1. The molecule has 0 radical (unpaired) electrons. The first-order chi connectivity index (χ1) is 16.5. The first-order valence-electron chi connectivity index (χ1n) is 11.5. The van der Waals surface area contributed by atoms with Gasteiger partial charge in [0, 0.05) is 16.1 Å². The van der Waals surface area contributed by atoms with Crippen LogP contribution in [0.2, 0.25) is 0 Å². The van der Waals surface area contributed by atoms with Crippen LogP contribution in [0.4, 0.5) is 10.8 Å². The van der Waals surface area contributed by atoms with E-state index in [2.05, 4.69) is 15.6 Å². The van der Waals surface area contributed by atoms with Crippen LogP contribution in [0.5, 0.6) is 0 Å². The Kier molecular flexibility index (Phi) is 7.69. The predicted molar refractivity (Wildman–Crippen MR) is 132 cm³/mol. The van der Waals surface area contributed by atoms with Crippen LogP contribution in [-0.2, 0) is 16.0 Å². The van der Waals surface area contributed by atoms with Gasteiger partial charge in [0.2, 0.25) is 5.91 Å². The number of carbonyl (C=O) groups excluding carboxylic acids is 3. The van der Waals surface area contributed by atoms with E-state index >= 15 is 0 Å². The third-order valence-electron chi connectivity index (χ3n) is 5.65. The molecule has 0 saturated heterocycles. The minimum atomic E-state index is -0.388. The average molecular weight is 478 g/mol. The molecule has 7 nitrogen and oxygen atoms in total. The molecule has 0 saturated carbocycles. The van der Waals surface area contributed by atoms with Crippen molar-refractivity contribution in [2.45, 2.75) is 44.9 Å². The Bertz CT molecular complexity index is 1160. The Balaban J connectivity index is 1.40. The molecule has 1 aromatic heterocycles. The molecule has 2 amide bonds. The highest BCUT2D eigenvalue weighted by molar-refractivity contribution is 7.16. The summed E-state index contributed by atoms with van der Waals surface area (Å²) >= 11 is 1.42. The van der Waals surface area contributed by atoms with E-state index in [1.54, 1.807) is 36.4 Å². The zero-order valence-corrected chi connectivity index (χ0v) is 19.8. The highest BCUT2D eigenvalue weighted by Gasteiger charge is 2.30. The molecular weight excluding hydrogens is 450 g/mol. The van der Waals surface area contributed by atoms with Crippen LogP contribution in [0.3, 0.4) is 0 Å². The van der Waals surface area contributed by atoms with Gasteiger partial charge in [0.25, 0.3) is 5.91 Å². The fourth-order valence-electron chi connectivity index (χ4n) is 3.80. The van der Waals surface area contributed by atoms with Gasteiger partial charge in [0.1, 0.15) is 0 Å². The van der Waals surface area contributed by atoms with E-state index in [1.807, 2.05) is 25.1 Å². The predicted octanol–water partition coefficient (Wildman–Crippen LogP) is 5.41. The number of nitrogens with one attached hydrogen (secondary N) is 2. The summed E-state index contributed by atoms with van der Waals surface area (Å²) in [5.41, 5.74) is 2.35. The lowest BCUT2D eigenvalue weighted by atomic mass is 9.90. The van der Waals surface area contributed by atoms with Gasteiger partial charge in [-0.05, 0) is 62.1 Å². The molecule has 2 N–H and O–H groups in total. The quantitative estimate of drug-likeness (QED) is 0.334. The smallest absolute Gasteiger partial charge is 0.338 e. The zero-order valence-electron chi connectivity index (χ0n) is 19.0. The van der Waals surface area contributed by atoms with E-state index < -0.39 is 0 Å². The molecule has 1 heterocycles. The van der Waals surface area contributed by atoms with Gasteiger partial charge in [-0.15, -0.1) is 11.3 Å². The Morgan fingerprint density at radius 2 is 1.79 bits per heavy atom. The van der Waals surface area contributed by atoms with E-state index in [1.165, 1.54) is 11.3 Å². The Hall–Kier alpha value is -3.52. The molecule has 8 heteroatoms. The van der Waals surface area contributed by atoms with Crippen molar-refractivity contribution in [3.63, 3.8) is 0 Å². The van der Waals surface area contributed by atoms with Crippen LogP contribution in [-0.4, -0.2) is 29.4 Å². The molecule has 4 rings (SSSR count). The van der Waals surface area contributed by atoms with Gasteiger partial charge in [-0.2, -0.15) is 0 Å². The number of nitrogens with zero attached hydrogens (tertiary/aromatic N) is 1. The van der Waals surface area contributed by atoms with Gasteiger partial charge >= 0.3 is 5.97 Å². The minimum Gasteiger partial charge on any atom is -0.462 e. The molecule has 1 aliphatic carbocycles. The second-order valence-corrected chi connectivity index (χ2v) is 9.23. The van der Waals surface area contributed by atoms with E-state index in [4.69, 9.17) is 4.74 Å². The largest absolute Gasteiger partial charge is 0.462 e. The van der Waals surface area contributed by atoms with Gasteiger partial charge in [-0.1, -0.05) is 31.5 Å². The number of benzene rings is 2. The second kappa shape index (κ2) is 11.1. The highest BCUT2D eigenvalue weighted by Crippen LogP contribution is 2.37. The third kappa shape index (κ3) is 5.69. The molecule has 0 spiro atoms. The molecule has 3 aromatic rings. The van der Waals surface area contributed by atoms with Crippen molar-refractivity contribution in [1.29, 1.82) is 0 Å². The third-order valence-corrected chi connectivity index (χ3v) is 6.69. The van der Waals surface area contributed by atoms with Crippen LogP contribution < -0.4 is 10.6 Å². The van der Waals surface area contributed by atoms with Gasteiger partial charge in [0.05, 0.1) is 23.8 Å². The van der Waals surface area contributed by atoms with Gasteiger partial charge in [0.15, 0.2) is 5.13 Å². The summed E-state index contributed by atoms with van der Waals surface area (Å²) in [6.45, 7) is 2.44. The standard InChI is InChI=1S/C26H27N3O4S/c1-2-3-16-33-25(32)18-12-14-19(15-13-18)27-24(31)20-10-7-11-21-22(20)28-26(34-21)29-23(30)17-8-5-4-6-9-17/h4-6,8-9,12-15,20H,2-3,7,10-11,16H2,1H3,(H,27,31)(H,28,29,30). The SMILES string of the molecule is CCCCOC(=O)c1ccc(NC(=O)C2CCCc3sc(NC(=O)c4ccccc4)nc32)cc1. The summed E-state index contributed by atoms with van der Waals surface area (Å²) in [4.78, 5) is 43.2.